The van der Waals surface area contributed by atoms with Crippen LogP contribution in [0.3, 0.4) is 0 Å². The topological polar surface area (TPSA) is 44.4 Å². The molecule has 104 valence electrons. The molecule has 1 atom stereocenters. The van der Waals surface area contributed by atoms with E-state index in [0.29, 0.717) is 12.3 Å². The van der Waals surface area contributed by atoms with Crippen LogP contribution in [0.25, 0.3) is 0 Å². The van der Waals surface area contributed by atoms with Crippen LogP contribution in [0.5, 0.6) is 0 Å². The molecule has 2 rings (SSSR count). The summed E-state index contributed by atoms with van der Waals surface area (Å²) in [6.07, 6.45) is 1.68. The van der Waals surface area contributed by atoms with Gasteiger partial charge in [0.05, 0.1) is 11.4 Å². The van der Waals surface area contributed by atoms with Crippen LogP contribution in [0.4, 0.5) is 11.4 Å². The van der Waals surface area contributed by atoms with E-state index in [1.807, 2.05) is 37.2 Å². The standard InChI is InChI=1S/C14H20BrN3O/c1-18(2)13-4-3-11(15)8-12(13)17-14(19)7-10-5-6-16-9-10/h3-4,8,10,16H,5-7,9H2,1-2H3,(H,17,19). The summed E-state index contributed by atoms with van der Waals surface area (Å²) in [7, 11) is 3.94. The quantitative estimate of drug-likeness (QED) is 0.893. The van der Waals surface area contributed by atoms with Gasteiger partial charge in [-0.3, -0.25) is 4.79 Å². The molecule has 19 heavy (non-hydrogen) atoms. The summed E-state index contributed by atoms with van der Waals surface area (Å²) in [5, 5.41) is 6.31. The highest BCUT2D eigenvalue weighted by molar-refractivity contribution is 9.10. The van der Waals surface area contributed by atoms with Gasteiger partial charge in [0.2, 0.25) is 5.91 Å². The summed E-state index contributed by atoms with van der Waals surface area (Å²) in [5.41, 5.74) is 1.87. The normalized spacial score (nSPS) is 18.4. The highest BCUT2D eigenvalue weighted by atomic mass is 79.9. The van der Waals surface area contributed by atoms with Crippen LogP contribution in [0.2, 0.25) is 0 Å². The summed E-state index contributed by atoms with van der Waals surface area (Å²) >= 11 is 3.44. The SMILES string of the molecule is CN(C)c1ccc(Br)cc1NC(=O)CC1CCNC1. The molecular weight excluding hydrogens is 306 g/mol. The number of hydrogen-bond acceptors (Lipinski definition) is 3. The highest BCUT2D eigenvalue weighted by Gasteiger charge is 2.18. The molecule has 1 aliphatic rings. The summed E-state index contributed by atoms with van der Waals surface area (Å²) in [5.74, 6) is 0.560. The second-order valence-electron chi connectivity index (χ2n) is 5.17. The first-order valence-electron chi connectivity index (χ1n) is 6.53. The third-order valence-corrected chi connectivity index (χ3v) is 3.84. The lowest BCUT2D eigenvalue weighted by Gasteiger charge is -2.19. The van der Waals surface area contributed by atoms with Crippen LogP contribution >= 0.6 is 15.9 Å². The maximum atomic E-state index is 12.1. The Hall–Kier alpha value is -1.07. The lowest BCUT2D eigenvalue weighted by molar-refractivity contribution is -0.116. The molecule has 1 saturated heterocycles. The molecular formula is C14H20BrN3O. The van der Waals surface area contributed by atoms with Gasteiger partial charge < -0.3 is 15.5 Å². The van der Waals surface area contributed by atoms with E-state index in [4.69, 9.17) is 0 Å². The molecule has 0 aliphatic carbocycles. The Labute approximate surface area is 122 Å². The van der Waals surface area contributed by atoms with Gasteiger partial charge in [0.1, 0.15) is 0 Å². The number of halogens is 1. The Morgan fingerprint density at radius 3 is 2.95 bits per heavy atom. The third kappa shape index (κ3) is 3.94. The Morgan fingerprint density at radius 2 is 2.32 bits per heavy atom. The van der Waals surface area contributed by atoms with Gasteiger partial charge in [-0.05, 0) is 43.6 Å². The molecule has 1 aliphatic heterocycles. The molecule has 0 aromatic heterocycles. The van der Waals surface area contributed by atoms with E-state index in [1.54, 1.807) is 0 Å². The minimum atomic E-state index is 0.0925. The van der Waals surface area contributed by atoms with Crippen molar-refractivity contribution < 1.29 is 4.79 Å². The fourth-order valence-corrected chi connectivity index (χ4v) is 2.71. The van der Waals surface area contributed by atoms with Crippen LogP contribution in [0.1, 0.15) is 12.8 Å². The fourth-order valence-electron chi connectivity index (χ4n) is 2.35. The number of benzene rings is 1. The molecule has 5 heteroatoms. The van der Waals surface area contributed by atoms with Gasteiger partial charge in [-0.1, -0.05) is 15.9 Å². The highest BCUT2D eigenvalue weighted by Crippen LogP contribution is 2.28. The number of carbonyl (C=O) groups excluding carboxylic acids is 1. The lowest BCUT2D eigenvalue weighted by atomic mass is 10.0. The van der Waals surface area contributed by atoms with E-state index in [2.05, 4.69) is 26.6 Å². The average Bonchev–Trinajstić information content (AvgIpc) is 2.81. The van der Waals surface area contributed by atoms with Gasteiger partial charge in [-0.15, -0.1) is 0 Å². The van der Waals surface area contributed by atoms with E-state index in [1.165, 1.54) is 0 Å². The summed E-state index contributed by atoms with van der Waals surface area (Å²) in [6, 6.07) is 5.92. The summed E-state index contributed by atoms with van der Waals surface area (Å²) in [6.45, 7) is 1.98. The average molecular weight is 326 g/mol. The molecule has 1 aromatic carbocycles. The Balaban J connectivity index is 2.04. The minimum Gasteiger partial charge on any atom is -0.376 e. The number of carbonyl (C=O) groups is 1. The van der Waals surface area contributed by atoms with Crippen molar-refractivity contribution in [1.29, 1.82) is 0 Å². The minimum absolute atomic E-state index is 0.0925. The van der Waals surface area contributed by atoms with Gasteiger partial charge >= 0.3 is 0 Å². The first-order chi connectivity index (χ1) is 9.06. The molecule has 0 spiro atoms. The first-order valence-corrected chi connectivity index (χ1v) is 7.33. The zero-order valence-corrected chi connectivity index (χ0v) is 13.0. The number of rotatable bonds is 4. The molecule has 1 aromatic rings. The van der Waals surface area contributed by atoms with Crippen molar-refractivity contribution in [3.05, 3.63) is 22.7 Å². The van der Waals surface area contributed by atoms with Crippen LogP contribution < -0.4 is 15.5 Å². The number of amides is 1. The van der Waals surface area contributed by atoms with Crippen LogP contribution in [-0.2, 0) is 4.79 Å². The van der Waals surface area contributed by atoms with E-state index < -0.39 is 0 Å². The summed E-state index contributed by atoms with van der Waals surface area (Å²) in [4.78, 5) is 14.1. The Kier molecular flexibility index (Phi) is 4.82. The number of anilines is 2. The van der Waals surface area contributed by atoms with Gasteiger partial charge in [-0.2, -0.15) is 0 Å². The van der Waals surface area contributed by atoms with Crippen LogP contribution in [0.15, 0.2) is 22.7 Å². The van der Waals surface area contributed by atoms with E-state index in [9.17, 15) is 4.79 Å². The van der Waals surface area contributed by atoms with Gasteiger partial charge in [-0.25, -0.2) is 0 Å². The lowest BCUT2D eigenvalue weighted by Crippen LogP contribution is -2.20. The predicted molar refractivity (Wildman–Crippen MR) is 82.7 cm³/mol. The number of hydrogen-bond donors (Lipinski definition) is 2. The van der Waals surface area contributed by atoms with Crippen molar-refractivity contribution >= 4 is 33.2 Å². The van der Waals surface area contributed by atoms with Crippen molar-refractivity contribution in [2.45, 2.75) is 12.8 Å². The second kappa shape index (κ2) is 6.39. The molecule has 0 radical (unpaired) electrons. The van der Waals surface area contributed by atoms with Gasteiger partial charge in [0.15, 0.2) is 0 Å². The van der Waals surface area contributed by atoms with Crippen molar-refractivity contribution in [3.63, 3.8) is 0 Å². The van der Waals surface area contributed by atoms with Crippen LogP contribution in [-0.4, -0.2) is 33.1 Å². The maximum Gasteiger partial charge on any atom is 0.224 e. The Bertz CT molecular complexity index is 456. The zero-order valence-electron chi connectivity index (χ0n) is 11.4. The molecule has 1 amide bonds. The largest absolute Gasteiger partial charge is 0.376 e. The summed E-state index contributed by atoms with van der Waals surface area (Å²) < 4.78 is 0.968. The van der Waals surface area contributed by atoms with E-state index >= 15 is 0 Å². The van der Waals surface area contributed by atoms with Crippen molar-refractivity contribution in [1.82, 2.24) is 5.32 Å². The monoisotopic (exact) mass is 325 g/mol. The maximum absolute atomic E-state index is 12.1. The molecule has 1 unspecified atom stereocenters. The molecule has 1 fully saturated rings. The van der Waals surface area contributed by atoms with E-state index in [0.717, 1.165) is 35.4 Å². The molecule has 4 nitrogen and oxygen atoms in total. The molecule has 0 saturated carbocycles. The smallest absolute Gasteiger partial charge is 0.224 e. The predicted octanol–water partition coefficient (Wildman–Crippen LogP) is 2.45. The van der Waals surface area contributed by atoms with Crippen molar-refractivity contribution in [2.75, 3.05) is 37.4 Å². The molecule has 1 heterocycles. The van der Waals surface area contributed by atoms with Crippen molar-refractivity contribution in [2.24, 2.45) is 5.92 Å². The van der Waals surface area contributed by atoms with Crippen LogP contribution in [0, 0.1) is 5.92 Å². The van der Waals surface area contributed by atoms with Gasteiger partial charge in [0.25, 0.3) is 0 Å². The zero-order chi connectivity index (χ0) is 13.8. The second-order valence-corrected chi connectivity index (χ2v) is 6.08. The number of nitrogens with one attached hydrogen (secondary N) is 2. The third-order valence-electron chi connectivity index (χ3n) is 3.35. The van der Waals surface area contributed by atoms with Gasteiger partial charge in [0, 0.05) is 25.0 Å². The van der Waals surface area contributed by atoms with E-state index in [-0.39, 0.29) is 5.91 Å². The molecule has 2 N–H and O–H groups in total. The first kappa shape index (κ1) is 14.3. The fraction of sp³-hybridized carbons (Fsp3) is 0.500. The van der Waals surface area contributed by atoms with Crippen molar-refractivity contribution in [3.8, 4) is 0 Å². The Morgan fingerprint density at radius 1 is 1.53 bits per heavy atom. The number of nitrogens with zero attached hydrogens (tertiary/aromatic N) is 1. The molecule has 0 bridgehead atoms.